The van der Waals surface area contributed by atoms with Gasteiger partial charge in [0.1, 0.15) is 17.2 Å². The smallest absolute Gasteiger partial charge is 0.262 e. The fourth-order valence-corrected chi connectivity index (χ4v) is 4.38. The lowest BCUT2D eigenvalue weighted by molar-refractivity contribution is -0.118. The van der Waals surface area contributed by atoms with Crippen LogP contribution in [-0.2, 0) is 21.4 Å². The Kier molecular flexibility index (Phi) is 8.48. The molecule has 1 amide bonds. The number of amides is 1. The Hall–Kier alpha value is -3.43. The van der Waals surface area contributed by atoms with Gasteiger partial charge in [-0.25, -0.2) is 8.42 Å². The van der Waals surface area contributed by atoms with Gasteiger partial charge in [-0.1, -0.05) is 41.4 Å². The number of nitrogens with one attached hydrogen (secondary N) is 1. The van der Waals surface area contributed by atoms with Gasteiger partial charge in [-0.15, -0.1) is 0 Å². The van der Waals surface area contributed by atoms with Crippen molar-refractivity contribution in [2.75, 3.05) is 36.7 Å². The maximum Gasteiger partial charge on any atom is 0.262 e. The average molecular weight is 519 g/mol. The zero-order chi connectivity index (χ0) is 25.6. The summed E-state index contributed by atoms with van der Waals surface area (Å²) < 4.78 is 42.1. The SMILES string of the molecule is COc1cc(NC(=O)COc2ccc(N(Cc3ccc(C)cc3)S(C)(=O)=O)cc2)c(OC)cc1Cl. The average Bonchev–Trinajstić information content (AvgIpc) is 2.83. The van der Waals surface area contributed by atoms with E-state index in [1.165, 1.54) is 18.5 Å². The Labute approximate surface area is 210 Å². The third kappa shape index (κ3) is 7.03. The first-order valence-corrected chi connectivity index (χ1v) is 12.8. The van der Waals surface area contributed by atoms with Crippen molar-refractivity contribution in [3.63, 3.8) is 0 Å². The largest absolute Gasteiger partial charge is 0.495 e. The second kappa shape index (κ2) is 11.3. The molecule has 0 spiro atoms. The van der Waals surface area contributed by atoms with Crippen LogP contribution in [-0.4, -0.2) is 41.4 Å². The lowest BCUT2D eigenvalue weighted by Gasteiger charge is -2.23. The van der Waals surface area contributed by atoms with Crippen LogP contribution in [0.5, 0.6) is 17.2 Å². The van der Waals surface area contributed by atoms with Crippen LogP contribution >= 0.6 is 11.6 Å². The summed E-state index contributed by atoms with van der Waals surface area (Å²) in [5.74, 6) is 0.755. The van der Waals surface area contributed by atoms with Crippen molar-refractivity contribution >= 4 is 38.9 Å². The summed E-state index contributed by atoms with van der Waals surface area (Å²) in [6.45, 7) is 1.90. The second-order valence-corrected chi connectivity index (χ2v) is 10.1. The first-order chi connectivity index (χ1) is 16.6. The van der Waals surface area contributed by atoms with E-state index >= 15 is 0 Å². The summed E-state index contributed by atoms with van der Waals surface area (Å²) in [6.07, 6.45) is 1.16. The number of benzene rings is 3. The molecule has 0 saturated carbocycles. The summed E-state index contributed by atoms with van der Waals surface area (Å²) in [6, 6.07) is 17.3. The minimum atomic E-state index is -3.52. The van der Waals surface area contributed by atoms with Crippen molar-refractivity contribution in [3.8, 4) is 17.2 Å². The Morgan fingerprint density at radius 2 is 1.60 bits per heavy atom. The Bertz CT molecular complexity index is 1280. The zero-order valence-corrected chi connectivity index (χ0v) is 21.4. The number of nitrogens with zero attached hydrogens (tertiary/aromatic N) is 1. The number of methoxy groups -OCH3 is 2. The van der Waals surface area contributed by atoms with Crippen molar-refractivity contribution < 1.29 is 27.4 Å². The third-order valence-electron chi connectivity index (χ3n) is 5.09. The fourth-order valence-electron chi connectivity index (χ4n) is 3.26. The molecule has 0 aliphatic carbocycles. The number of ether oxygens (including phenoxy) is 3. The topological polar surface area (TPSA) is 94.2 Å². The molecule has 10 heteroatoms. The lowest BCUT2D eigenvalue weighted by atomic mass is 10.1. The van der Waals surface area contributed by atoms with Crippen LogP contribution in [0.1, 0.15) is 11.1 Å². The van der Waals surface area contributed by atoms with E-state index in [4.69, 9.17) is 25.8 Å². The van der Waals surface area contributed by atoms with E-state index in [0.29, 0.717) is 33.6 Å². The van der Waals surface area contributed by atoms with Crippen LogP contribution in [0.25, 0.3) is 0 Å². The van der Waals surface area contributed by atoms with Crippen molar-refractivity contribution in [2.24, 2.45) is 0 Å². The number of carbonyl (C=O) groups is 1. The molecular formula is C25H27ClN2O6S. The highest BCUT2D eigenvalue weighted by atomic mass is 35.5. The van der Waals surface area contributed by atoms with Crippen LogP contribution < -0.4 is 23.8 Å². The monoisotopic (exact) mass is 518 g/mol. The number of aryl methyl sites for hydroxylation is 1. The molecule has 0 aliphatic heterocycles. The van der Waals surface area contributed by atoms with Gasteiger partial charge in [0.15, 0.2) is 6.61 Å². The Morgan fingerprint density at radius 3 is 2.17 bits per heavy atom. The molecule has 3 rings (SSSR count). The molecule has 0 aromatic heterocycles. The molecule has 0 aliphatic rings. The molecule has 186 valence electrons. The number of halogens is 1. The lowest BCUT2D eigenvalue weighted by Crippen LogP contribution is -2.29. The van der Waals surface area contributed by atoms with Gasteiger partial charge in [-0.3, -0.25) is 9.10 Å². The van der Waals surface area contributed by atoms with Gasteiger partial charge in [-0.2, -0.15) is 0 Å². The Balaban J connectivity index is 1.66. The predicted octanol–water partition coefficient (Wildman–Crippen LogP) is 4.65. The van der Waals surface area contributed by atoms with E-state index in [-0.39, 0.29) is 13.2 Å². The normalized spacial score (nSPS) is 11.0. The van der Waals surface area contributed by atoms with E-state index in [1.807, 2.05) is 31.2 Å². The van der Waals surface area contributed by atoms with Gasteiger partial charge in [0.2, 0.25) is 10.0 Å². The molecule has 3 aromatic carbocycles. The van der Waals surface area contributed by atoms with Crippen LogP contribution in [0.15, 0.2) is 60.7 Å². The van der Waals surface area contributed by atoms with Crippen molar-refractivity contribution in [1.82, 2.24) is 0 Å². The van der Waals surface area contributed by atoms with Crippen molar-refractivity contribution in [2.45, 2.75) is 13.5 Å². The maximum absolute atomic E-state index is 12.4. The molecule has 0 radical (unpaired) electrons. The number of anilines is 2. The first kappa shape index (κ1) is 26.2. The summed E-state index contributed by atoms with van der Waals surface area (Å²) >= 11 is 6.09. The molecule has 0 saturated heterocycles. The molecule has 3 aromatic rings. The van der Waals surface area contributed by atoms with Crippen LogP contribution in [0.3, 0.4) is 0 Å². The molecule has 0 fully saturated rings. The van der Waals surface area contributed by atoms with Gasteiger partial charge < -0.3 is 19.5 Å². The number of hydrogen-bond donors (Lipinski definition) is 1. The minimum Gasteiger partial charge on any atom is -0.495 e. The Morgan fingerprint density at radius 1 is 0.971 bits per heavy atom. The number of rotatable bonds is 10. The molecule has 8 nitrogen and oxygen atoms in total. The highest BCUT2D eigenvalue weighted by molar-refractivity contribution is 7.92. The van der Waals surface area contributed by atoms with Crippen molar-refractivity contribution in [3.05, 3.63) is 76.8 Å². The van der Waals surface area contributed by atoms with Gasteiger partial charge in [0, 0.05) is 12.1 Å². The second-order valence-electron chi connectivity index (χ2n) is 7.77. The van der Waals surface area contributed by atoms with E-state index in [1.54, 1.807) is 36.4 Å². The quantitative estimate of drug-likeness (QED) is 0.420. The summed E-state index contributed by atoms with van der Waals surface area (Å²) in [5.41, 5.74) is 2.84. The van der Waals surface area contributed by atoms with E-state index < -0.39 is 15.9 Å². The highest BCUT2D eigenvalue weighted by Gasteiger charge is 2.18. The number of hydrogen-bond acceptors (Lipinski definition) is 6. The molecule has 35 heavy (non-hydrogen) atoms. The first-order valence-electron chi connectivity index (χ1n) is 10.6. The minimum absolute atomic E-state index is 0.202. The van der Waals surface area contributed by atoms with E-state index in [0.717, 1.165) is 17.4 Å². The fraction of sp³-hybridized carbons (Fsp3) is 0.240. The summed E-state index contributed by atoms with van der Waals surface area (Å²) in [7, 11) is -0.585. The van der Waals surface area contributed by atoms with Crippen LogP contribution in [0.4, 0.5) is 11.4 Å². The summed E-state index contributed by atoms with van der Waals surface area (Å²) in [5, 5.41) is 3.05. The molecule has 0 bridgehead atoms. The number of carbonyl (C=O) groups excluding carboxylic acids is 1. The molecule has 0 heterocycles. The molecule has 0 unspecified atom stereocenters. The van der Waals surface area contributed by atoms with E-state index in [2.05, 4.69) is 5.32 Å². The summed E-state index contributed by atoms with van der Waals surface area (Å²) in [4.78, 5) is 12.4. The zero-order valence-electron chi connectivity index (χ0n) is 19.9. The van der Waals surface area contributed by atoms with E-state index in [9.17, 15) is 13.2 Å². The third-order valence-corrected chi connectivity index (χ3v) is 6.53. The molecule has 1 N–H and O–H groups in total. The highest BCUT2D eigenvalue weighted by Crippen LogP contribution is 2.35. The van der Waals surface area contributed by atoms with Crippen molar-refractivity contribution in [1.29, 1.82) is 0 Å². The predicted molar refractivity (Wildman–Crippen MR) is 137 cm³/mol. The van der Waals surface area contributed by atoms with Gasteiger partial charge >= 0.3 is 0 Å². The van der Waals surface area contributed by atoms with Crippen LogP contribution in [0.2, 0.25) is 5.02 Å². The standard InChI is InChI=1S/C25H27ClN2O6S/c1-17-5-7-18(8-6-17)15-28(35(4,30)31)19-9-11-20(12-10-19)34-16-25(29)27-22-14-23(32-2)21(26)13-24(22)33-3/h5-14H,15-16H2,1-4H3,(H,27,29). The van der Waals surface area contributed by atoms with Gasteiger partial charge in [0.05, 0.1) is 43.4 Å². The molecular weight excluding hydrogens is 492 g/mol. The van der Waals surface area contributed by atoms with Gasteiger partial charge in [-0.05, 0) is 36.8 Å². The maximum atomic E-state index is 12.4. The van der Waals surface area contributed by atoms with Gasteiger partial charge in [0.25, 0.3) is 5.91 Å². The number of sulfonamides is 1. The van der Waals surface area contributed by atoms with Crippen LogP contribution in [0, 0.1) is 6.92 Å². The molecule has 0 atom stereocenters.